The minimum absolute atomic E-state index is 0.0420. The van der Waals surface area contributed by atoms with E-state index in [1.165, 1.54) is 0 Å². The number of pyridine rings is 1. The maximum Gasteiger partial charge on any atom is 0.200 e. The number of aryl methyl sites for hydroxylation is 1. The summed E-state index contributed by atoms with van der Waals surface area (Å²) in [5.41, 5.74) is 1.97. The molecule has 0 unspecified atom stereocenters. The number of para-hydroxylation sites is 1. The summed E-state index contributed by atoms with van der Waals surface area (Å²) in [6.07, 6.45) is 1.01. The third kappa shape index (κ3) is 1.78. The van der Waals surface area contributed by atoms with Crippen molar-refractivity contribution in [3.8, 4) is 5.75 Å². The Bertz CT molecular complexity index is 833. The Labute approximate surface area is 117 Å². The van der Waals surface area contributed by atoms with Crippen molar-refractivity contribution in [3.63, 3.8) is 0 Å². The van der Waals surface area contributed by atoms with Crippen molar-refractivity contribution in [2.45, 2.75) is 19.9 Å². The summed E-state index contributed by atoms with van der Waals surface area (Å²) in [4.78, 5) is 12.7. The lowest BCUT2D eigenvalue weighted by Crippen LogP contribution is -2.12. The van der Waals surface area contributed by atoms with E-state index in [9.17, 15) is 4.79 Å². The van der Waals surface area contributed by atoms with E-state index in [4.69, 9.17) is 4.74 Å². The number of methoxy groups -OCH3 is 1. The highest BCUT2D eigenvalue weighted by Gasteiger charge is 2.13. The largest absolute Gasteiger partial charge is 0.496 e. The standard InChI is InChI=1S/C17H17NO2/c1-3-11-18-13-8-5-4-7-12(13)17(19)16-14(18)9-6-10-15(16)20-2/h4-10H,3,11H2,1-2H3. The van der Waals surface area contributed by atoms with Crippen LogP contribution in [-0.4, -0.2) is 11.7 Å². The van der Waals surface area contributed by atoms with Crippen LogP contribution in [0.1, 0.15) is 13.3 Å². The normalized spacial score (nSPS) is 11.1. The molecule has 0 N–H and O–H groups in total. The summed E-state index contributed by atoms with van der Waals surface area (Å²) in [6.45, 7) is 3.02. The van der Waals surface area contributed by atoms with Crippen LogP contribution in [0, 0.1) is 0 Å². The maximum atomic E-state index is 12.7. The van der Waals surface area contributed by atoms with Crippen molar-refractivity contribution in [1.29, 1.82) is 0 Å². The summed E-state index contributed by atoms with van der Waals surface area (Å²) < 4.78 is 7.58. The molecule has 0 saturated heterocycles. The number of aromatic nitrogens is 1. The Morgan fingerprint density at radius 2 is 1.80 bits per heavy atom. The smallest absolute Gasteiger partial charge is 0.200 e. The van der Waals surface area contributed by atoms with Gasteiger partial charge in [-0.3, -0.25) is 4.79 Å². The van der Waals surface area contributed by atoms with Crippen molar-refractivity contribution in [1.82, 2.24) is 4.57 Å². The van der Waals surface area contributed by atoms with Gasteiger partial charge in [-0.25, -0.2) is 0 Å². The average molecular weight is 267 g/mol. The van der Waals surface area contributed by atoms with E-state index in [1.807, 2.05) is 42.5 Å². The van der Waals surface area contributed by atoms with Crippen molar-refractivity contribution in [2.75, 3.05) is 7.11 Å². The SMILES string of the molecule is CCCn1c2ccccc2c(=O)c2c(OC)cccc21. The fourth-order valence-electron chi connectivity index (χ4n) is 2.77. The molecule has 0 aliphatic heterocycles. The first-order valence-electron chi connectivity index (χ1n) is 6.86. The van der Waals surface area contributed by atoms with E-state index in [1.54, 1.807) is 7.11 Å². The predicted molar refractivity (Wildman–Crippen MR) is 82.6 cm³/mol. The quantitative estimate of drug-likeness (QED) is 0.679. The minimum Gasteiger partial charge on any atom is -0.496 e. The summed E-state index contributed by atoms with van der Waals surface area (Å²) >= 11 is 0. The zero-order chi connectivity index (χ0) is 14.1. The van der Waals surface area contributed by atoms with E-state index in [0.717, 1.165) is 29.4 Å². The number of fused-ring (bicyclic) bond motifs is 2. The number of hydrogen-bond acceptors (Lipinski definition) is 2. The molecule has 0 fully saturated rings. The van der Waals surface area contributed by atoms with Crippen molar-refractivity contribution < 1.29 is 4.74 Å². The van der Waals surface area contributed by atoms with E-state index >= 15 is 0 Å². The van der Waals surface area contributed by atoms with Crippen LogP contribution in [-0.2, 0) is 6.54 Å². The Morgan fingerprint density at radius 1 is 1.05 bits per heavy atom. The molecule has 0 amide bonds. The van der Waals surface area contributed by atoms with Crippen molar-refractivity contribution in [3.05, 3.63) is 52.7 Å². The van der Waals surface area contributed by atoms with E-state index in [0.29, 0.717) is 11.1 Å². The highest BCUT2D eigenvalue weighted by Crippen LogP contribution is 2.26. The predicted octanol–water partition coefficient (Wildman–Crippen LogP) is 3.57. The first-order chi connectivity index (χ1) is 9.77. The van der Waals surface area contributed by atoms with Crippen LogP contribution in [0.5, 0.6) is 5.75 Å². The monoisotopic (exact) mass is 267 g/mol. The first kappa shape index (κ1) is 12.7. The third-order valence-electron chi connectivity index (χ3n) is 3.63. The van der Waals surface area contributed by atoms with Gasteiger partial charge < -0.3 is 9.30 Å². The first-order valence-corrected chi connectivity index (χ1v) is 6.86. The zero-order valence-electron chi connectivity index (χ0n) is 11.7. The van der Waals surface area contributed by atoms with Gasteiger partial charge in [0.2, 0.25) is 5.43 Å². The minimum atomic E-state index is 0.0420. The third-order valence-corrected chi connectivity index (χ3v) is 3.63. The summed E-state index contributed by atoms with van der Waals surface area (Å²) in [5.74, 6) is 0.642. The molecule has 3 heteroatoms. The summed E-state index contributed by atoms with van der Waals surface area (Å²) in [5, 5.41) is 1.42. The van der Waals surface area contributed by atoms with Crippen LogP contribution in [0.15, 0.2) is 47.3 Å². The molecule has 102 valence electrons. The molecule has 2 aromatic carbocycles. The second kappa shape index (κ2) is 5.00. The maximum absolute atomic E-state index is 12.7. The number of hydrogen-bond donors (Lipinski definition) is 0. The molecular formula is C17H17NO2. The molecule has 1 aromatic heterocycles. The molecule has 3 rings (SSSR count). The van der Waals surface area contributed by atoms with Gasteiger partial charge in [-0.15, -0.1) is 0 Å². The second-order valence-electron chi connectivity index (χ2n) is 4.85. The molecule has 0 atom stereocenters. The summed E-state index contributed by atoms with van der Waals surface area (Å²) in [7, 11) is 1.60. The Balaban J connectivity index is 2.59. The second-order valence-corrected chi connectivity index (χ2v) is 4.85. The van der Waals surface area contributed by atoms with Crippen LogP contribution in [0.25, 0.3) is 21.8 Å². The molecule has 0 bridgehead atoms. The number of nitrogens with zero attached hydrogens (tertiary/aromatic N) is 1. The molecule has 0 saturated carbocycles. The van der Waals surface area contributed by atoms with Gasteiger partial charge in [-0.05, 0) is 30.7 Å². The topological polar surface area (TPSA) is 31.2 Å². The average Bonchev–Trinajstić information content (AvgIpc) is 2.50. The van der Waals surface area contributed by atoms with Crippen molar-refractivity contribution in [2.24, 2.45) is 0 Å². The molecule has 3 nitrogen and oxygen atoms in total. The van der Waals surface area contributed by atoms with Crippen LogP contribution in [0.2, 0.25) is 0 Å². The van der Waals surface area contributed by atoms with Gasteiger partial charge in [-0.1, -0.05) is 25.1 Å². The van der Waals surface area contributed by atoms with Gasteiger partial charge in [-0.2, -0.15) is 0 Å². The lowest BCUT2D eigenvalue weighted by Gasteiger charge is -2.15. The van der Waals surface area contributed by atoms with Crippen LogP contribution >= 0.6 is 0 Å². The fourth-order valence-corrected chi connectivity index (χ4v) is 2.77. The number of rotatable bonds is 3. The molecule has 3 aromatic rings. The van der Waals surface area contributed by atoms with Crippen LogP contribution < -0.4 is 10.2 Å². The molecule has 0 aliphatic carbocycles. The molecule has 20 heavy (non-hydrogen) atoms. The Morgan fingerprint density at radius 3 is 2.55 bits per heavy atom. The Hall–Kier alpha value is -2.29. The molecule has 0 radical (unpaired) electrons. The Kier molecular flexibility index (Phi) is 3.18. The number of ether oxygens (including phenoxy) is 1. The van der Waals surface area contributed by atoms with Gasteiger partial charge in [0.15, 0.2) is 0 Å². The van der Waals surface area contributed by atoms with Gasteiger partial charge in [0.25, 0.3) is 0 Å². The highest BCUT2D eigenvalue weighted by atomic mass is 16.5. The van der Waals surface area contributed by atoms with Gasteiger partial charge >= 0.3 is 0 Å². The molecule has 1 heterocycles. The van der Waals surface area contributed by atoms with E-state index in [-0.39, 0.29) is 5.43 Å². The van der Waals surface area contributed by atoms with Crippen LogP contribution in [0.4, 0.5) is 0 Å². The van der Waals surface area contributed by atoms with Gasteiger partial charge in [0.05, 0.1) is 23.5 Å². The zero-order valence-corrected chi connectivity index (χ0v) is 11.7. The van der Waals surface area contributed by atoms with Gasteiger partial charge in [0.1, 0.15) is 5.75 Å². The molecular weight excluding hydrogens is 250 g/mol. The highest BCUT2D eigenvalue weighted by molar-refractivity contribution is 5.96. The van der Waals surface area contributed by atoms with Gasteiger partial charge in [0, 0.05) is 11.9 Å². The molecule has 0 spiro atoms. The van der Waals surface area contributed by atoms with E-state index < -0.39 is 0 Å². The molecule has 0 aliphatic rings. The summed E-state index contributed by atoms with van der Waals surface area (Å²) in [6, 6.07) is 13.5. The van der Waals surface area contributed by atoms with Crippen LogP contribution in [0.3, 0.4) is 0 Å². The lowest BCUT2D eigenvalue weighted by atomic mass is 10.1. The van der Waals surface area contributed by atoms with Crippen molar-refractivity contribution >= 4 is 21.8 Å². The lowest BCUT2D eigenvalue weighted by molar-refractivity contribution is 0.419. The number of benzene rings is 2. The fraction of sp³-hybridized carbons (Fsp3) is 0.235. The van der Waals surface area contributed by atoms with E-state index in [2.05, 4.69) is 11.5 Å².